The predicted molar refractivity (Wildman–Crippen MR) is 145 cm³/mol. The number of carbonyl (C=O) groups excluding carboxylic acids is 2. The fourth-order valence-corrected chi connectivity index (χ4v) is 4.31. The second-order valence-electron chi connectivity index (χ2n) is 9.03. The lowest BCUT2D eigenvalue weighted by Gasteiger charge is -2.33. The van der Waals surface area contributed by atoms with Crippen LogP contribution in [0.4, 0.5) is 5.69 Å². The Morgan fingerprint density at radius 2 is 1.85 bits per heavy atom. The Balaban J connectivity index is 1.29. The molecule has 1 unspecified atom stereocenters. The Labute approximate surface area is 226 Å². The fourth-order valence-electron chi connectivity index (χ4n) is 4.31. The molecule has 1 aliphatic heterocycles. The van der Waals surface area contributed by atoms with Crippen LogP contribution in [-0.2, 0) is 9.53 Å². The molecule has 204 valence electrons. The highest BCUT2D eigenvalue weighted by atomic mass is 16.6. The number of rotatable bonds is 12. The Bertz CT molecular complexity index is 1290. The van der Waals surface area contributed by atoms with Gasteiger partial charge in [0.15, 0.2) is 0 Å². The number of carbonyl (C=O) groups is 2. The first-order valence-corrected chi connectivity index (χ1v) is 12.8. The molecule has 1 fully saturated rings. The van der Waals surface area contributed by atoms with Crippen molar-refractivity contribution in [1.82, 2.24) is 15.6 Å². The largest absolute Gasteiger partial charge is 0.455 e. The van der Waals surface area contributed by atoms with Crippen molar-refractivity contribution < 1.29 is 23.7 Å². The van der Waals surface area contributed by atoms with Crippen LogP contribution in [0, 0.1) is 10.1 Å². The zero-order valence-electron chi connectivity index (χ0n) is 21.5. The van der Waals surface area contributed by atoms with E-state index in [0.29, 0.717) is 61.9 Å². The van der Waals surface area contributed by atoms with Gasteiger partial charge in [-0.05, 0) is 43.5 Å². The summed E-state index contributed by atoms with van der Waals surface area (Å²) in [6, 6.07) is 18.2. The third kappa shape index (κ3) is 8.06. The number of nitro groups is 1. The van der Waals surface area contributed by atoms with Gasteiger partial charge in [-0.3, -0.25) is 24.6 Å². The minimum absolute atomic E-state index is 0.0286. The van der Waals surface area contributed by atoms with Gasteiger partial charge in [0.1, 0.15) is 11.5 Å². The molecule has 11 nitrogen and oxygen atoms in total. The third-order valence-electron chi connectivity index (χ3n) is 6.35. The molecule has 0 spiro atoms. The third-order valence-corrected chi connectivity index (χ3v) is 6.35. The maximum atomic E-state index is 13.0. The van der Waals surface area contributed by atoms with Crippen LogP contribution in [0.5, 0.6) is 0 Å². The molecule has 39 heavy (non-hydrogen) atoms. The number of nitro benzene ring substituents is 1. The van der Waals surface area contributed by atoms with Crippen molar-refractivity contribution in [3.05, 3.63) is 88.2 Å². The minimum atomic E-state index is -0.462. The number of hydrazone groups is 1. The molecule has 0 saturated carbocycles. The summed E-state index contributed by atoms with van der Waals surface area (Å²) in [6.07, 6.45) is 3.50. The van der Waals surface area contributed by atoms with E-state index < -0.39 is 4.92 Å². The number of ether oxygens (including phenoxy) is 1. The van der Waals surface area contributed by atoms with E-state index in [-0.39, 0.29) is 23.5 Å². The molecule has 1 atom stereocenters. The lowest BCUT2D eigenvalue weighted by atomic mass is 10.1. The highest BCUT2D eigenvalue weighted by Crippen LogP contribution is 2.25. The van der Waals surface area contributed by atoms with E-state index >= 15 is 0 Å². The maximum absolute atomic E-state index is 13.0. The number of hydrogen-bond donors (Lipinski definition) is 2. The first-order valence-electron chi connectivity index (χ1n) is 12.8. The van der Waals surface area contributed by atoms with Gasteiger partial charge in [0.2, 0.25) is 0 Å². The zero-order chi connectivity index (χ0) is 27.5. The lowest BCUT2D eigenvalue weighted by Crippen LogP contribution is -2.50. The molecular weight excluding hydrogens is 502 g/mol. The van der Waals surface area contributed by atoms with E-state index in [1.54, 1.807) is 36.4 Å². The van der Waals surface area contributed by atoms with E-state index in [2.05, 4.69) is 20.7 Å². The molecule has 1 aromatic heterocycles. The summed E-state index contributed by atoms with van der Waals surface area (Å²) in [5.41, 5.74) is 3.77. The lowest BCUT2D eigenvalue weighted by molar-refractivity contribution is -0.384. The molecule has 0 aliphatic carbocycles. The van der Waals surface area contributed by atoms with E-state index in [4.69, 9.17) is 9.15 Å². The molecule has 0 radical (unpaired) electrons. The number of amides is 2. The smallest absolute Gasteiger partial charge is 0.270 e. The summed E-state index contributed by atoms with van der Waals surface area (Å²) in [5.74, 6) is 0.511. The number of non-ortho nitro benzene ring substituents is 1. The quantitative estimate of drug-likeness (QED) is 0.157. The summed E-state index contributed by atoms with van der Waals surface area (Å²) in [4.78, 5) is 37.9. The molecule has 3 aromatic rings. The second kappa shape index (κ2) is 14.0. The van der Waals surface area contributed by atoms with Crippen LogP contribution < -0.4 is 10.7 Å². The van der Waals surface area contributed by atoms with Crippen LogP contribution >= 0.6 is 0 Å². The van der Waals surface area contributed by atoms with E-state index in [1.165, 1.54) is 18.3 Å². The van der Waals surface area contributed by atoms with Crippen molar-refractivity contribution in [2.45, 2.75) is 25.3 Å². The number of benzene rings is 2. The molecule has 2 amide bonds. The van der Waals surface area contributed by atoms with Gasteiger partial charge in [0, 0.05) is 42.9 Å². The van der Waals surface area contributed by atoms with Crippen LogP contribution in [0.15, 0.2) is 76.2 Å². The van der Waals surface area contributed by atoms with Gasteiger partial charge < -0.3 is 14.5 Å². The number of furan rings is 1. The number of hydrogen-bond acceptors (Lipinski definition) is 8. The van der Waals surface area contributed by atoms with Gasteiger partial charge >= 0.3 is 0 Å². The molecule has 2 aromatic carbocycles. The Hall–Kier alpha value is -4.35. The SMILES string of the molecule is O=C(NCCCCC(C(=O)N/N=C/c1ccc(-c2cccc([N+](=O)[O-])c2)o1)N1CCOCC1)c1ccccc1. The molecular formula is C28H31N5O6. The number of nitrogens with zero attached hydrogens (tertiary/aromatic N) is 3. The summed E-state index contributed by atoms with van der Waals surface area (Å²) in [5, 5.41) is 18.0. The average Bonchev–Trinajstić information content (AvgIpc) is 3.44. The van der Waals surface area contributed by atoms with Crippen LogP contribution in [0.1, 0.15) is 35.4 Å². The van der Waals surface area contributed by atoms with Crippen molar-refractivity contribution in [2.24, 2.45) is 5.10 Å². The molecule has 0 bridgehead atoms. The first kappa shape index (κ1) is 27.7. The Morgan fingerprint density at radius 1 is 1.05 bits per heavy atom. The number of morpholine rings is 1. The maximum Gasteiger partial charge on any atom is 0.270 e. The molecule has 2 N–H and O–H groups in total. The number of nitrogens with one attached hydrogen (secondary N) is 2. The molecule has 11 heteroatoms. The Kier molecular flexibility index (Phi) is 9.92. The van der Waals surface area contributed by atoms with Crippen LogP contribution in [-0.4, -0.2) is 66.7 Å². The van der Waals surface area contributed by atoms with Crippen LogP contribution in [0.25, 0.3) is 11.3 Å². The number of unbranched alkanes of at least 4 members (excludes halogenated alkanes) is 1. The van der Waals surface area contributed by atoms with E-state index in [9.17, 15) is 19.7 Å². The summed E-state index contributed by atoms with van der Waals surface area (Å²) < 4.78 is 11.2. The van der Waals surface area contributed by atoms with Crippen molar-refractivity contribution in [2.75, 3.05) is 32.8 Å². The van der Waals surface area contributed by atoms with Gasteiger partial charge in [0.05, 0.1) is 30.4 Å². The summed E-state index contributed by atoms with van der Waals surface area (Å²) in [7, 11) is 0. The standard InChI is InChI=1S/C28H31N5O6/c34-27(21-7-2-1-3-8-21)29-14-5-4-11-25(32-15-17-38-18-16-32)28(35)31-30-20-24-12-13-26(39-24)22-9-6-10-23(19-22)33(36)37/h1-3,6-10,12-13,19-20,25H,4-5,11,14-18H2,(H,29,34)(H,31,35)/b30-20+. The summed E-state index contributed by atoms with van der Waals surface area (Å²) >= 11 is 0. The topological polar surface area (TPSA) is 139 Å². The highest BCUT2D eigenvalue weighted by Gasteiger charge is 2.27. The van der Waals surface area contributed by atoms with Gasteiger partial charge in [0.25, 0.3) is 17.5 Å². The normalized spacial score (nSPS) is 14.7. The van der Waals surface area contributed by atoms with Gasteiger partial charge in [-0.1, -0.05) is 30.3 Å². The van der Waals surface area contributed by atoms with E-state index in [0.717, 1.165) is 12.8 Å². The zero-order valence-corrected chi connectivity index (χ0v) is 21.5. The molecule has 4 rings (SSSR count). The van der Waals surface area contributed by atoms with Gasteiger partial charge in [-0.25, -0.2) is 5.43 Å². The molecule has 1 aliphatic rings. The predicted octanol–water partition coefficient (Wildman–Crippen LogP) is 3.61. The van der Waals surface area contributed by atoms with Crippen molar-refractivity contribution in [3.63, 3.8) is 0 Å². The van der Waals surface area contributed by atoms with Crippen LogP contribution in [0.3, 0.4) is 0 Å². The fraction of sp³-hybridized carbons (Fsp3) is 0.321. The van der Waals surface area contributed by atoms with Crippen LogP contribution in [0.2, 0.25) is 0 Å². The molecule has 2 heterocycles. The van der Waals surface area contributed by atoms with Crippen molar-refractivity contribution >= 4 is 23.7 Å². The highest BCUT2D eigenvalue weighted by molar-refractivity contribution is 5.94. The van der Waals surface area contributed by atoms with E-state index in [1.807, 2.05) is 18.2 Å². The van der Waals surface area contributed by atoms with Crippen molar-refractivity contribution in [1.29, 1.82) is 0 Å². The average molecular weight is 534 g/mol. The minimum Gasteiger partial charge on any atom is -0.455 e. The monoisotopic (exact) mass is 533 g/mol. The summed E-state index contributed by atoms with van der Waals surface area (Å²) in [6.45, 7) is 2.95. The first-order chi connectivity index (χ1) is 19.0. The van der Waals surface area contributed by atoms with Gasteiger partial charge in [-0.2, -0.15) is 5.10 Å². The second-order valence-corrected chi connectivity index (χ2v) is 9.03. The van der Waals surface area contributed by atoms with Crippen molar-refractivity contribution in [3.8, 4) is 11.3 Å². The van der Waals surface area contributed by atoms with Gasteiger partial charge in [-0.15, -0.1) is 0 Å². The molecule has 1 saturated heterocycles. The Morgan fingerprint density at radius 3 is 2.62 bits per heavy atom.